The molecule has 3 heteroatoms. The molecule has 2 aromatic heterocycles. The topological polar surface area (TPSA) is 45.8 Å². The zero-order chi connectivity index (χ0) is 11.7. The maximum atomic E-state index is 12.2. The number of carbonyl (C=O) groups excluding carboxylic acids is 1. The average molecular weight is 216 g/mol. The number of aromatic nitrogens is 2. The lowest BCUT2D eigenvalue weighted by Crippen LogP contribution is -2.16. The van der Waals surface area contributed by atoms with Gasteiger partial charge in [0.05, 0.1) is 0 Å². The molecule has 0 aromatic carbocycles. The predicted octanol–water partition coefficient (Wildman–Crippen LogP) is 3.04. The highest BCUT2D eigenvalue weighted by molar-refractivity contribution is 6.08. The highest BCUT2D eigenvalue weighted by Crippen LogP contribution is 2.22. The summed E-state index contributed by atoms with van der Waals surface area (Å²) in [4.78, 5) is 19.4. The minimum atomic E-state index is 0.0409. The van der Waals surface area contributed by atoms with Gasteiger partial charge in [-0.25, -0.2) is 0 Å². The van der Waals surface area contributed by atoms with Crippen molar-refractivity contribution in [2.24, 2.45) is 11.8 Å². The fourth-order valence-electron chi connectivity index (χ4n) is 1.71. The zero-order valence-corrected chi connectivity index (χ0v) is 9.82. The molecule has 84 valence electrons. The highest BCUT2D eigenvalue weighted by atomic mass is 16.1. The molecule has 0 saturated heterocycles. The van der Waals surface area contributed by atoms with Gasteiger partial charge < -0.3 is 4.98 Å². The number of hydrogen-bond donors (Lipinski definition) is 1. The number of Topliss-reactive ketones (excluding diaryl/α,β-unsaturated/α-hetero) is 1. The summed E-state index contributed by atoms with van der Waals surface area (Å²) in [5.74, 6) is 0.586. The maximum absolute atomic E-state index is 12.2. The van der Waals surface area contributed by atoms with Gasteiger partial charge in [0, 0.05) is 41.0 Å². The van der Waals surface area contributed by atoms with Crippen molar-refractivity contribution in [2.75, 3.05) is 0 Å². The molecule has 1 atom stereocenters. The molecule has 16 heavy (non-hydrogen) atoms. The molecule has 2 heterocycles. The van der Waals surface area contributed by atoms with Gasteiger partial charge >= 0.3 is 0 Å². The van der Waals surface area contributed by atoms with E-state index in [1.54, 1.807) is 18.6 Å². The van der Waals surface area contributed by atoms with Crippen LogP contribution in [-0.2, 0) is 0 Å². The van der Waals surface area contributed by atoms with E-state index in [4.69, 9.17) is 0 Å². The summed E-state index contributed by atoms with van der Waals surface area (Å²) in [6.45, 7) is 6.10. The summed E-state index contributed by atoms with van der Waals surface area (Å²) < 4.78 is 0. The van der Waals surface area contributed by atoms with E-state index in [1.165, 1.54) is 0 Å². The van der Waals surface area contributed by atoms with E-state index in [-0.39, 0.29) is 11.7 Å². The molecule has 0 bridgehead atoms. The number of aromatic amines is 1. The molecule has 0 spiro atoms. The Kier molecular flexibility index (Phi) is 2.77. The largest absolute Gasteiger partial charge is 0.360 e. The maximum Gasteiger partial charge on any atom is 0.168 e. The number of fused-ring (bicyclic) bond motifs is 1. The SMILES string of the molecule is CC(C)C(C)C(=O)c1c[nH]c2ccncc12. The molecule has 0 aliphatic rings. The number of nitrogens with zero attached hydrogens (tertiary/aromatic N) is 1. The van der Waals surface area contributed by atoms with Crippen molar-refractivity contribution in [2.45, 2.75) is 20.8 Å². The van der Waals surface area contributed by atoms with Crippen molar-refractivity contribution in [1.82, 2.24) is 9.97 Å². The Labute approximate surface area is 94.9 Å². The third-order valence-electron chi connectivity index (χ3n) is 3.16. The Morgan fingerprint density at radius 3 is 2.81 bits per heavy atom. The summed E-state index contributed by atoms with van der Waals surface area (Å²) in [5, 5.41) is 0.917. The van der Waals surface area contributed by atoms with Gasteiger partial charge in [0.1, 0.15) is 0 Å². The Bertz CT molecular complexity index is 513. The minimum Gasteiger partial charge on any atom is -0.360 e. The molecule has 0 fully saturated rings. The fourth-order valence-corrected chi connectivity index (χ4v) is 1.71. The Hall–Kier alpha value is -1.64. The molecular formula is C13H16N2O. The number of carbonyl (C=O) groups is 1. The molecule has 0 saturated carbocycles. The van der Waals surface area contributed by atoms with E-state index in [9.17, 15) is 4.79 Å². The van der Waals surface area contributed by atoms with Crippen molar-refractivity contribution < 1.29 is 4.79 Å². The van der Waals surface area contributed by atoms with Crippen LogP contribution in [0.4, 0.5) is 0 Å². The van der Waals surface area contributed by atoms with E-state index >= 15 is 0 Å². The van der Waals surface area contributed by atoms with Gasteiger partial charge in [-0.05, 0) is 12.0 Å². The standard InChI is InChI=1S/C13H16N2O/c1-8(2)9(3)13(16)11-7-15-12-4-5-14-6-10(11)12/h4-9,15H,1-3H3. The molecule has 0 radical (unpaired) electrons. The first kappa shape index (κ1) is 10.9. The molecule has 0 aliphatic carbocycles. The molecular weight excluding hydrogens is 200 g/mol. The minimum absolute atomic E-state index is 0.0409. The van der Waals surface area contributed by atoms with Gasteiger partial charge in [-0.3, -0.25) is 9.78 Å². The number of pyridine rings is 1. The fraction of sp³-hybridized carbons (Fsp3) is 0.385. The van der Waals surface area contributed by atoms with Crippen LogP contribution in [0, 0.1) is 11.8 Å². The van der Waals surface area contributed by atoms with Gasteiger partial charge in [-0.15, -0.1) is 0 Å². The lowest BCUT2D eigenvalue weighted by atomic mass is 9.90. The van der Waals surface area contributed by atoms with Crippen molar-refractivity contribution in [3.05, 3.63) is 30.2 Å². The molecule has 2 aromatic rings. The van der Waals surface area contributed by atoms with Crippen LogP contribution in [0.5, 0.6) is 0 Å². The quantitative estimate of drug-likeness (QED) is 0.801. The van der Waals surface area contributed by atoms with Gasteiger partial charge in [0.15, 0.2) is 5.78 Å². The molecule has 3 nitrogen and oxygen atoms in total. The Morgan fingerprint density at radius 1 is 1.38 bits per heavy atom. The van der Waals surface area contributed by atoms with Gasteiger partial charge in [-0.2, -0.15) is 0 Å². The number of ketones is 1. The van der Waals surface area contributed by atoms with Crippen molar-refractivity contribution in [3.8, 4) is 0 Å². The smallest absolute Gasteiger partial charge is 0.168 e. The molecule has 1 N–H and O–H groups in total. The van der Waals surface area contributed by atoms with Gasteiger partial charge in [0.2, 0.25) is 0 Å². The van der Waals surface area contributed by atoms with Crippen LogP contribution in [0.3, 0.4) is 0 Å². The summed E-state index contributed by atoms with van der Waals surface area (Å²) in [5.41, 5.74) is 1.72. The van der Waals surface area contributed by atoms with Gasteiger partial charge in [0.25, 0.3) is 0 Å². The Morgan fingerprint density at radius 2 is 2.12 bits per heavy atom. The van der Waals surface area contributed by atoms with Crippen LogP contribution < -0.4 is 0 Å². The van der Waals surface area contributed by atoms with Gasteiger partial charge in [-0.1, -0.05) is 20.8 Å². The molecule has 1 unspecified atom stereocenters. The number of rotatable bonds is 3. The van der Waals surface area contributed by atoms with Crippen LogP contribution in [-0.4, -0.2) is 15.8 Å². The lowest BCUT2D eigenvalue weighted by Gasteiger charge is -2.13. The lowest BCUT2D eigenvalue weighted by molar-refractivity contribution is 0.0901. The second-order valence-electron chi connectivity index (χ2n) is 4.52. The second kappa shape index (κ2) is 4.08. The monoisotopic (exact) mass is 216 g/mol. The number of hydrogen-bond acceptors (Lipinski definition) is 2. The highest BCUT2D eigenvalue weighted by Gasteiger charge is 2.21. The van der Waals surface area contributed by atoms with Crippen molar-refractivity contribution >= 4 is 16.7 Å². The third kappa shape index (κ3) is 1.73. The van der Waals surface area contributed by atoms with Crippen LogP contribution in [0.2, 0.25) is 0 Å². The Balaban J connectivity index is 2.44. The van der Waals surface area contributed by atoms with E-state index in [2.05, 4.69) is 23.8 Å². The van der Waals surface area contributed by atoms with Crippen LogP contribution >= 0.6 is 0 Å². The van der Waals surface area contributed by atoms with E-state index in [1.807, 2.05) is 13.0 Å². The van der Waals surface area contributed by atoms with E-state index in [0.29, 0.717) is 5.92 Å². The predicted molar refractivity (Wildman–Crippen MR) is 64.4 cm³/mol. The summed E-state index contributed by atoms with van der Waals surface area (Å²) in [7, 11) is 0. The number of H-pyrrole nitrogens is 1. The first-order valence-electron chi connectivity index (χ1n) is 5.56. The molecule has 2 rings (SSSR count). The summed E-state index contributed by atoms with van der Waals surface area (Å²) in [6.07, 6.45) is 5.25. The molecule has 0 aliphatic heterocycles. The van der Waals surface area contributed by atoms with Crippen LogP contribution in [0.1, 0.15) is 31.1 Å². The van der Waals surface area contributed by atoms with Crippen molar-refractivity contribution in [3.63, 3.8) is 0 Å². The van der Waals surface area contributed by atoms with Crippen LogP contribution in [0.15, 0.2) is 24.7 Å². The average Bonchev–Trinajstić information content (AvgIpc) is 2.70. The first-order chi connectivity index (χ1) is 7.61. The van der Waals surface area contributed by atoms with E-state index < -0.39 is 0 Å². The third-order valence-corrected chi connectivity index (χ3v) is 3.16. The zero-order valence-electron chi connectivity index (χ0n) is 9.82. The first-order valence-corrected chi connectivity index (χ1v) is 5.56. The second-order valence-corrected chi connectivity index (χ2v) is 4.52. The van der Waals surface area contributed by atoms with E-state index in [0.717, 1.165) is 16.5 Å². The number of nitrogens with one attached hydrogen (secondary N) is 1. The summed E-state index contributed by atoms with van der Waals surface area (Å²) in [6, 6.07) is 1.88. The summed E-state index contributed by atoms with van der Waals surface area (Å²) >= 11 is 0. The van der Waals surface area contributed by atoms with Crippen LogP contribution in [0.25, 0.3) is 10.9 Å². The normalized spacial score (nSPS) is 13.2. The molecule has 0 amide bonds. The van der Waals surface area contributed by atoms with Crippen molar-refractivity contribution in [1.29, 1.82) is 0 Å².